The second-order valence-electron chi connectivity index (χ2n) is 6.69. The fraction of sp³-hybridized carbons (Fsp3) is 0.130. The Labute approximate surface area is 168 Å². The van der Waals surface area contributed by atoms with Gasteiger partial charge in [-0.15, -0.1) is 0 Å². The molecule has 0 aliphatic heterocycles. The Balaban J connectivity index is 1.32. The van der Waals surface area contributed by atoms with E-state index >= 15 is 0 Å². The minimum Gasteiger partial charge on any atom is -0.441 e. The molecule has 6 nitrogen and oxygen atoms in total. The molecule has 1 amide bonds. The van der Waals surface area contributed by atoms with Crippen LogP contribution in [0.25, 0.3) is 22.7 Å². The van der Waals surface area contributed by atoms with Gasteiger partial charge in [-0.25, -0.2) is 15.0 Å². The zero-order valence-electron chi connectivity index (χ0n) is 16.0. The van der Waals surface area contributed by atoms with Crippen LogP contribution >= 0.6 is 0 Å². The van der Waals surface area contributed by atoms with Crippen LogP contribution in [0, 0.1) is 6.92 Å². The Morgan fingerprint density at radius 3 is 2.34 bits per heavy atom. The third-order valence-electron chi connectivity index (χ3n) is 4.42. The molecule has 0 bridgehead atoms. The molecule has 4 rings (SSSR count). The average molecular weight is 384 g/mol. The van der Waals surface area contributed by atoms with Crippen molar-refractivity contribution in [3.8, 4) is 22.7 Å². The Kier molecular flexibility index (Phi) is 5.42. The number of anilines is 1. The van der Waals surface area contributed by atoms with Gasteiger partial charge in [-0.3, -0.25) is 4.79 Å². The van der Waals surface area contributed by atoms with Crippen molar-refractivity contribution in [2.45, 2.75) is 19.8 Å². The second kappa shape index (κ2) is 8.48. The molecular formula is C23H20N4O2. The molecular weight excluding hydrogens is 364 g/mol. The summed E-state index contributed by atoms with van der Waals surface area (Å²) in [7, 11) is 0. The number of carbonyl (C=O) groups excluding carboxylic acids is 1. The van der Waals surface area contributed by atoms with E-state index in [2.05, 4.69) is 20.3 Å². The van der Waals surface area contributed by atoms with Gasteiger partial charge >= 0.3 is 0 Å². The Morgan fingerprint density at radius 1 is 0.897 bits per heavy atom. The van der Waals surface area contributed by atoms with E-state index in [1.54, 1.807) is 18.6 Å². The molecule has 6 heteroatoms. The van der Waals surface area contributed by atoms with E-state index in [1.165, 1.54) is 5.56 Å². The van der Waals surface area contributed by atoms with E-state index in [1.807, 2.05) is 61.5 Å². The lowest BCUT2D eigenvalue weighted by Crippen LogP contribution is -2.13. The highest BCUT2D eigenvalue weighted by Crippen LogP contribution is 2.21. The first-order chi connectivity index (χ1) is 14.2. The summed E-state index contributed by atoms with van der Waals surface area (Å²) >= 11 is 0. The maximum absolute atomic E-state index is 12.2. The van der Waals surface area contributed by atoms with Crippen molar-refractivity contribution in [1.29, 1.82) is 0 Å². The number of nitrogens with one attached hydrogen (secondary N) is 1. The van der Waals surface area contributed by atoms with Crippen molar-refractivity contribution >= 4 is 11.6 Å². The normalized spacial score (nSPS) is 10.7. The molecule has 0 spiro atoms. The maximum Gasteiger partial charge on any atom is 0.224 e. The first-order valence-corrected chi connectivity index (χ1v) is 9.36. The Hall–Kier alpha value is -3.80. The quantitative estimate of drug-likeness (QED) is 0.522. The van der Waals surface area contributed by atoms with Crippen molar-refractivity contribution in [2.75, 3.05) is 5.32 Å². The van der Waals surface area contributed by atoms with Crippen LogP contribution in [0.15, 0.2) is 77.6 Å². The highest BCUT2D eigenvalue weighted by molar-refractivity contribution is 5.90. The summed E-state index contributed by atoms with van der Waals surface area (Å²) in [6.07, 6.45) is 5.57. The first kappa shape index (κ1) is 18.6. The number of rotatable bonds is 6. The topological polar surface area (TPSA) is 80.9 Å². The number of oxazole rings is 1. The molecule has 0 unspecified atom stereocenters. The molecule has 144 valence electrons. The summed E-state index contributed by atoms with van der Waals surface area (Å²) in [5.74, 6) is 1.71. The van der Waals surface area contributed by atoms with Gasteiger partial charge in [0.2, 0.25) is 5.91 Å². The van der Waals surface area contributed by atoms with Gasteiger partial charge in [-0.2, -0.15) is 0 Å². The van der Waals surface area contributed by atoms with Crippen molar-refractivity contribution in [1.82, 2.24) is 15.0 Å². The lowest BCUT2D eigenvalue weighted by atomic mass is 10.1. The van der Waals surface area contributed by atoms with Gasteiger partial charge in [0.15, 0.2) is 17.5 Å². The zero-order chi connectivity index (χ0) is 20.1. The van der Waals surface area contributed by atoms with Crippen molar-refractivity contribution in [2.24, 2.45) is 0 Å². The lowest BCUT2D eigenvalue weighted by Gasteiger charge is -2.05. The van der Waals surface area contributed by atoms with E-state index in [0.717, 1.165) is 11.1 Å². The minimum absolute atomic E-state index is 0.142. The molecule has 29 heavy (non-hydrogen) atoms. The largest absolute Gasteiger partial charge is 0.441 e. The summed E-state index contributed by atoms with van der Waals surface area (Å²) in [5, 5.41) is 2.80. The second-order valence-corrected chi connectivity index (χ2v) is 6.69. The molecule has 1 N–H and O–H groups in total. The average Bonchev–Trinajstić information content (AvgIpc) is 3.23. The number of aromatic nitrogens is 3. The number of hydrogen-bond donors (Lipinski definition) is 1. The van der Waals surface area contributed by atoms with Gasteiger partial charge in [-0.1, -0.05) is 60.2 Å². The third kappa shape index (κ3) is 4.73. The number of amides is 1. The molecule has 0 aliphatic rings. The summed E-state index contributed by atoms with van der Waals surface area (Å²) in [4.78, 5) is 25.1. The highest BCUT2D eigenvalue weighted by Gasteiger charge is 2.10. The summed E-state index contributed by atoms with van der Waals surface area (Å²) < 4.78 is 5.76. The molecule has 0 atom stereocenters. The molecule has 4 aromatic rings. The van der Waals surface area contributed by atoms with Crippen molar-refractivity contribution in [3.63, 3.8) is 0 Å². The standard InChI is InChI=1S/C23H20N4O2/c1-16-7-9-17(10-8-16)20-15-24-22(29-20)12-11-21(28)27-19-13-25-23(26-14-19)18-5-3-2-4-6-18/h2-10,13-15H,11-12H2,1H3,(H,27,28). The van der Waals surface area contributed by atoms with Crippen LogP contribution in [0.4, 0.5) is 5.69 Å². The molecule has 2 aromatic heterocycles. The van der Waals surface area contributed by atoms with Crippen LogP contribution in [0.1, 0.15) is 17.9 Å². The molecule has 0 saturated carbocycles. The van der Waals surface area contributed by atoms with Crippen LogP contribution < -0.4 is 5.32 Å². The zero-order valence-corrected chi connectivity index (χ0v) is 16.0. The Morgan fingerprint density at radius 2 is 1.62 bits per heavy atom. The number of benzene rings is 2. The smallest absolute Gasteiger partial charge is 0.224 e. The van der Waals surface area contributed by atoms with Gasteiger partial charge in [0, 0.05) is 24.0 Å². The van der Waals surface area contributed by atoms with Gasteiger partial charge in [-0.05, 0) is 6.92 Å². The summed E-state index contributed by atoms with van der Waals surface area (Å²) in [5.41, 5.74) is 3.64. The molecule has 2 aromatic carbocycles. The minimum atomic E-state index is -0.142. The Bertz CT molecular complexity index is 1090. The maximum atomic E-state index is 12.2. The fourth-order valence-electron chi connectivity index (χ4n) is 2.85. The van der Waals surface area contributed by atoms with Crippen LogP contribution in [-0.2, 0) is 11.2 Å². The first-order valence-electron chi connectivity index (χ1n) is 9.36. The van der Waals surface area contributed by atoms with Crippen molar-refractivity contribution in [3.05, 3.63) is 84.6 Å². The van der Waals surface area contributed by atoms with Gasteiger partial charge in [0.25, 0.3) is 0 Å². The third-order valence-corrected chi connectivity index (χ3v) is 4.42. The number of hydrogen-bond acceptors (Lipinski definition) is 5. The van der Waals surface area contributed by atoms with Gasteiger partial charge in [0.1, 0.15) is 0 Å². The van der Waals surface area contributed by atoms with Crippen LogP contribution in [0.2, 0.25) is 0 Å². The predicted molar refractivity (Wildman–Crippen MR) is 111 cm³/mol. The van der Waals surface area contributed by atoms with E-state index in [4.69, 9.17) is 4.42 Å². The summed E-state index contributed by atoms with van der Waals surface area (Å²) in [6, 6.07) is 17.7. The lowest BCUT2D eigenvalue weighted by molar-refractivity contribution is -0.116. The van der Waals surface area contributed by atoms with E-state index in [9.17, 15) is 4.79 Å². The van der Waals surface area contributed by atoms with Crippen LogP contribution in [0.3, 0.4) is 0 Å². The van der Waals surface area contributed by atoms with Crippen LogP contribution in [-0.4, -0.2) is 20.9 Å². The molecule has 2 heterocycles. The van der Waals surface area contributed by atoms with Crippen LogP contribution in [0.5, 0.6) is 0 Å². The molecule has 0 aliphatic carbocycles. The fourth-order valence-corrected chi connectivity index (χ4v) is 2.85. The monoisotopic (exact) mass is 384 g/mol. The molecule has 0 radical (unpaired) electrons. The van der Waals surface area contributed by atoms with Gasteiger partial charge in [0.05, 0.1) is 24.3 Å². The van der Waals surface area contributed by atoms with E-state index < -0.39 is 0 Å². The van der Waals surface area contributed by atoms with Crippen molar-refractivity contribution < 1.29 is 9.21 Å². The van der Waals surface area contributed by atoms with E-state index in [-0.39, 0.29) is 12.3 Å². The van der Waals surface area contributed by atoms with E-state index in [0.29, 0.717) is 29.6 Å². The number of nitrogens with zero attached hydrogens (tertiary/aromatic N) is 3. The predicted octanol–water partition coefficient (Wildman–Crippen LogP) is 4.68. The highest BCUT2D eigenvalue weighted by atomic mass is 16.4. The SMILES string of the molecule is Cc1ccc(-c2cnc(CCC(=O)Nc3cnc(-c4ccccc4)nc3)o2)cc1. The number of carbonyl (C=O) groups is 1. The molecule has 0 saturated heterocycles. The molecule has 0 fully saturated rings. The summed E-state index contributed by atoms with van der Waals surface area (Å²) in [6.45, 7) is 2.04. The number of aryl methyl sites for hydroxylation is 2. The van der Waals surface area contributed by atoms with Gasteiger partial charge < -0.3 is 9.73 Å².